The molecule has 0 spiro atoms. The van der Waals surface area contributed by atoms with Crippen LogP contribution in [0.2, 0.25) is 0 Å². The number of benzene rings is 2. The lowest BCUT2D eigenvalue weighted by atomic mass is 10.1. The summed E-state index contributed by atoms with van der Waals surface area (Å²) in [5, 5.41) is 9.18. The van der Waals surface area contributed by atoms with Crippen LogP contribution in [0.25, 0.3) is 6.08 Å². The number of hydrogen-bond acceptors (Lipinski definition) is 6. The molecule has 0 saturated heterocycles. The summed E-state index contributed by atoms with van der Waals surface area (Å²) >= 11 is 0. The number of nitrogens with zero attached hydrogens (tertiary/aromatic N) is 1. The molecule has 0 unspecified atom stereocenters. The van der Waals surface area contributed by atoms with Crippen LogP contribution in [-0.2, 0) is 9.53 Å². The van der Waals surface area contributed by atoms with E-state index in [4.69, 9.17) is 18.9 Å². The van der Waals surface area contributed by atoms with E-state index in [9.17, 15) is 10.1 Å². The quantitative estimate of drug-likeness (QED) is 0.258. The van der Waals surface area contributed by atoms with E-state index in [0.29, 0.717) is 36.9 Å². The van der Waals surface area contributed by atoms with Crippen LogP contribution in [0.4, 0.5) is 0 Å². The molecule has 0 aliphatic carbocycles. The summed E-state index contributed by atoms with van der Waals surface area (Å²) < 4.78 is 22.0. The van der Waals surface area contributed by atoms with Gasteiger partial charge < -0.3 is 18.9 Å². The lowest BCUT2D eigenvalue weighted by molar-refractivity contribution is -0.137. The van der Waals surface area contributed by atoms with Gasteiger partial charge in [-0.15, -0.1) is 0 Å². The van der Waals surface area contributed by atoms with Gasteiger partial charge in [-0.3, -0.25) is 0 Å². The maximum absolute atomic E-state index is 11.8. The molecule has 6 nitrogen and oxygen atoms in total. The molecule has 2 aromatic rings. The average Bonchev–Trinajstić information content (AvgIpc) is 2.72. The van der Waals surface area contributed by atoms with Crippen molar-refractivity contribution in [1.82, 2.24) is 0 Å². The lowest BCUT2D eigenvalue weighted by Gasteiger charge is -2.13. The Hall–Kier alpha value is -3.46. The molecule has 0 bridgehead atoms. The molecule has 2 rings (SSSR count). The molecular weight excluding hydrogens is 370 g/mol. The van der Waals surface area contributed by atoms with E-state index in [1.807, 2.05) is 44.2 Å². The Labute approximate surface area is 171 Å². The maximum Gasteiger partial charge on any atom is 0.348 e. The molecule has 0 aromatic heterocycles. The number of carbonyl (C=O) groups excluding carboxylic acids is 1. The second kappa shape index (κ2) is 11.4. The highest BCUT2D eigenvalue weighted by atomic mass is 16.5. The predicted octanol–water partition coefficient (Wildman–Crippen LogP) is 4.32. The molecule has 0 fully saturated rings. The molecule has 29 heavy (non-hydrogen) atoms. The zero-order chi connectivity index (χ0) is 21.1. The zero-order valence-electron chi connectivity index (χ0n) is 16.9. The monoisotopic (exact) mass is 395 g/mol. The van der Waals surface area contributed by atoms with Gasteiger partial charge in [-0.25, -0.2) is 4.79 Å². The first-order valence-electron chi connectivity index (χ1n) is 9.45. The van der Waals surface area contributed by atoms with E-state index in [2.05, 4.69) is 0 Å². The fourth-order valence-corrected chi connectivity index (χ4v) is 2.46. The minimum atomic E-state index is -0.651. The Morgan fingerprint density at radius 3 is 2.34 bits per heavy atom. The van der Waals surface area contributed by atoms with Crippen molar-refractivity contribution in [2.45, 2.75) is 20.8 Å². The molecule has 0 saturated carbocycles. The number of rotatable bonds is 10. The largest absolute Gasteiger partial charge is 0.490 e. The Morgan fingerprint density at radius 1 is 0.966 bits per heavy atom. The van der Waals surface area contributed by atoms with Crippen molar-refractivity contribution in [3.8, 4) is 23.3 Å². The standard InChI is InChI=1S/C23H25NO5/c1-4-26-22-15-18(14-19(16-24)23(25)27-5-2)8-11-21(22)29-13-12-28-20-9-6-17(3)7-10-20/h6-11,14-15H,4-5,12-13H2,1-3H3/b19-14-. The van der Waals surface area contributed by atoms with Crippen LogP contribution < -0.4 is 14.2 Å². The lowest BCUT2D eigenvalue weighted by Crippen LogP contribution is -2.10. The third-order valence-corrected chi connectivity index (χ3v) is 3.83. The van der Waals surface area contributed by atoms with Crippen LogP contribution in [0.1, 0.15) is 25.0 Å². The Balaban J connectivity index is 2.03. The number of esters is 1. The summed E-state index contributed by atoms with van der Waals surface area (Å²) in [5.41, 5.74) is 1.74. The molecule has 0 atom stereocenters. The summed E-state index contributed by atoms with van der Waals surface area (Å²) in [6.07, 6.45) is 1.46. The molecular formula is C23H25NO5. The Bertz CT molecular complexity index is 881. The highest BCUT2D eigenvalue weighted by Gasteiger charge is 2.11. The van der Waals surface area contributed by atoms with Crippen LogP contribution in [-0.4, -0.2) is 32.4 Å². The molecule has 0 aliphatic rings. The number of nitriles is 1. The van der Waals surface area contributed by atoms with E-state index >= 15 is 0 Å². The normalized spacial score (nSPS) is 10.8. The minimum absolute atomic E-state index is 0.0746. The van der Waals surface area contributed by atoms with Gasteiger partial charge in [0.1, 0.15) is 30.6 Å². The predicted molar refractivity (Wildman–Crippen MR) is 110 cm³/mol. The molecule has 0 N–H and O–H groups in total. The Morgan fingerprint density at radius 2 is 1.69 bits per heavy atom. The summed E-state index contributed by atoms with van der Waals surface area (Å²) in [7, 11) is 0. The SMILES string of the molecule is CCOC(=O)/C(C#N)=C\c1ccc(OCCOc2ccc(C)cc2)c(OCC)c1. The van der Waals surface area contributed by atoms with Gasteiger partial charge in [0.25, 0.3) is 0 Å². The topological polar surface area (TPSA) is 77.8 Å². The smallest absolute Gasteiger partial charge is 0.348 e. The first kappa shape index (κ1) is 21.8. The van der Waals surface area contributed by atoms with Gasteiger partial charge in [0.15, 0.2) is 11.5 Å². The molecule has 0 heterocycles. The van der Waals surface area contributed by atoms with Crippen molar-refractivity contribution in [1.29, 1.82) is 5.26 Å². The maximum atomic E-state index is 11.8. The van der Waals surface area contributed by atoms with Crippen LogP contribution in [0.15, 0.2) is 48.0 Å². The van der Waals surface area contributed by atoms with E-state index < -0.39 is 5.97 Å². The van der Waals surface area contributed by atoms with Gasteiger partial charge in [-0.1, -0.05) is 23.8 Å². The van der Waals surface area contributed by atoms with Gasteiger partial charge in [0, 0.05) is 0 Å². The average molecular weight is 395 g/mol. The van der Waals surface area contributed by atoms with Gasteiger partial charge in [0.2, 0.25) is 0 Å². The second-order valence-corrected chi connectivity index (χ2v) is 6.04. The second-order valence-electron chi connectivity index (χ2n) is 6.04. The molecule has 6 heteroatoms. The summed E-state index contributed by atoms with van der Waals surface area (Å²) in [6, 6.07) is 14.9. The third-order valence-electron chi connectivity index (χ3n) is 3.83. The van der Waals surface area contributed by atoms with Gasteiger partial charge in [-0.2, -0.15) is 5.26 Å². The fourth-order valence-electron chi connectivity index (χ4n) is 2.46. The van der Waals surface area contributed by atoms with E-state index in [1.165, 1.54) is 11.6 Å². The highest BCUT2D eigenvalue weighted by Crippen LogP contribution is 2.29. The van der Waals surface area contributed by atoms with Crippen LogP contribution >= 0.6 is 0 Å². The summed E-state index contributed by atoms with van der Waals surface area (Å²) in [4.78, 5) is 11.8. The van der Waals surface area contributed by atoms with Gasteiger partial charge >= 0.3 is 5.97 Å². The molecule has 0 radical (unpaired) electrons. The van der Waals surface area contributed by atoms with Crippen molar-refractivity contribution >= 4 is 12.0 Å². The number of hydrogen-bond donors (Lipinski definition) is 0. The van der Waals surface area contributed by atoms with E-state index in [1.54, 1.807) is 25.1 Å². The molecule has 0 amide bonds. The molecule has 0 aliphatic heterocycles. The van der Waals surface area contributed by atoms with Crippen LogP contribution in [0.3, 0.4) is 0 Å². The van der Waals surface area contributed by atoms with Gasteiger partial charge in [-0.05, 0) is 56.7 Å². The first-order chi connectivity index (χ1) is 14.1. The highest BCUT2D eigenvalue weighted by molar-refractivity contribution is 5.97. The third kappa shape index (κ3) is 6.89. The van der Waals surface area contributed by atoms with Crippen molar-refractivity contribution in [2.24, 2.45) is 0 Å². The van der Waals surface area contributed by atoms with Crippen LogP contribution in [0, 0.1) is 18.3 Å². The zero-order valence-corrected chi connectivity index (χ0v) is 16.9. The van der Waals surface area contributed by atoms with Crippen LogP contribution in [0.5, 0.6) is 17.2 Å². The summed E-state index contributed by atoms with van der Waals surface area (Å²) in [6.45, 7) is 6.97. The Kier molecular flexibility index (Phi) is 8.58. The number of ether oxygens (including phenoxy) is 4. The molecule has 2 aromatic carbocycles. The van der Waals surface area contributed by atoms with Crippen molar-refractivity contribution < 1.29 is 23.7 Å². The molecule has 152 valence electrons. The fraction of sp³-hybridized carbons (Fsp3) is 0.304. The van der Waals surface area contributed by atoms with Crippen molar-refractivity contribution in [3.05, 3.63) is 59.2 Å². The summed E-state index contributed by atoms with van der Waals surface area (Å²) in [5.74, 6) is 1.22. The van der Waals surface area contributed by atoms with Crippen molar-refractivity contribution in [3.63, 3.8) is 0 Å². The van der Waals surface area contributed by atoms with Crippen molar-refractivity contribution in [2.75, 3.05) is 26.4 Å². The number of carbonyl (C=O) groups is 1. The van der Waals surface area contributed by atoms with E-state index in [-0.39, 0.29) is 12.2 Å². The number of aryl methyl sites for hydroxylation is 1. The first-order valence-corrected chi connectivity index (χ1v) is 9.45. The minimum Gasteiger partial charge on any atom is -0.490 e. The van der Waals surface area contributed by atoms with Gasteiger partial charge in [0.05, 0.1) is 13.2 Å². The van der Waals surface area contributed by atoms with E-state index in [0.717, 1.165) is 5.75 Å².